The molecule has 0 heterocycles. The molecule has 5 nitrogen and oxygen atoms in total. The van der Waals surface area contributed by atoms with Crippen molar-refractivity contribution in [3.63, 3.8) is 0 Å². The molecule has 0 aromatic rings. The van der Waals surface area contributed by atoms with E-state index >= 15 is 0 Å². The highest BCUT2D eigenvalue weighted by Crippen LogP contribution is 2.39. The molecule has 0 spiro atoms. The van der Waals surface area contributed by atoms with E-state index in [0.717, 1.165) is 36.3 Å². The number of rotatable bonds is 14. The van der Waals surface area contributed by atoms with Gasteiger partial charge in [-0.2, -0.15) is 0 Å². The molecule has 1 unspecified atom stereocenters. The molecule has 0 amide bonds. The van der Waals surface area contributed by atoms with Gasteiger partial charge in [0, 0.05) is 0 Å². The maximum atomic E-state index is 13.4. The van der Waals surface area contributed by atoms with Crippen LogP contribution in [0.3, 0.4) is 0 Å². The number of nitrogens with zero attached hydrogens (tertiary/aromatic N) is 1. The molecule has 0 aliphatic rings. The van der Waals surface area contributed by atoms with Crippen molar-refractivity contribution in [2.75, 3.05) is 0 Å². The van der Waals surface area contributed by atoms with Gasteiger partial charge in [-0.25, -0.2) is 0 Å². The van der Waals surface area contributed by atoms with Gasteiger partial charge in [0.05, 0.1) is 18.6 Å². The minimum Gasteiger partial charge on any atom is -0.463 e. The Morgan fingerprint density at radius 2 is 1.03 bits per heavy atom. The molecule has 1 atom stereocenters. The summed E-state index contributed by atoms with van der Waals surface area (Å²) >= 11 is 0. The van der Waals surface area contributed by atoms with Crippen molar-refractivity contribution < 1.29 is 19.1 Å². The van der Waals surface area contributed by atoms with Gasteiger partial charge in [0.1, 0.15) is 22.5 Å². The third kappa shape index (κ3) is 7.21. The highest BCUT2D eigenvalue weighted by molar-refractivity contribution is 6.93. The summed E-state index contributed by atoms with van der Waals surface area (Å²) in [5, 5.41) is 0. The zero-order valence-electron chi connectivity index (χ0n) is 20.8. The first-order valence-corrected chi connectivity index (χ1v) is 16.9. The largest absolute Gasteiger partial charge is 0.463 e. The lowest BCUT2D eigenvalue weighted by molar-refractivity contribution is -0.158. The quantitative estimate of drug-likeness (QED) is 0.244. The van der Waals surface area contributed by atoms with E-state index in [1.807, 2.05) is 27.7 Å². The van der Waals surface area contributed by atoms with E-state index in [1.54, 1.807) is 0 Å². The third-order valence-corrected chi connectivity index (χ3v) is 20.0. The van der Waals surface area contributed by atoms with E-state index in [9.17, 15) is 9.59 Å². The monoisotopic (exact) mass is 445 g/mol. The standard InChI is InChI=1S/C22H47NO4Si2/c1-11-28(12-2,13-3)23(29(14-4,15-5)16-6)20(22(25)27-19(9)10)17-21(24)26-18(7)8/h18-20H,11-17H2,1-10H3. The molecule has 0 aliphatic carbocycles. The van der Waals surface area contributed by atoms with Gasteiger partial charge in [-0.3, -0.25) is 9.59 Å². The molecule has 0 aliphatic heterocycles. The normalized spacial score (nSPS) is 13.8. The molecule has 0 bridgehead atoms. The van der Waals surface area contributed by atoms with Crippen molar-refractivity contribution in [2.45, 2.75) is 130 Å². The van der Waals surface area contributed by atoms with Crippen LogP contribution in [0.5, 0.6) is 0 Å². The summed E-state index contributed by atoms with van der Waals surface area (Å²) in [6.07, 6.45) is -0.295. The molecule has 0 rings (SSSR count). The summed E-state index contributed by atoms with van der Waals surface area (Å²) in [6, 6.07) is 5.97. The number of carbonyl (C=O) groups is 2. The number of esters is 2. The number of ether oxygens (including phenoxy) is 2. The summed E-state index contributed by atoms with van der Waals surface area (Å²) < 4.78 is 13.8. The molecule has 0 N–H and O–H groups in total. The zero-order valence-corrected chi connectivity index (χ0v) is 22.8. The first-order chi connectivity index (χ1) is 13.5. The molecular weight excluding hydrogens is 398 g/mol. The predicted molar refractivity (Wildman–Crippen MR) is 127 cm³/mol. The Hall–Kier alpha value is -0.666. The smallest absolute Gasteiger partial charge is 0.322 e. The van der Waals surface area contributed by atoms with Crippen molar-refractivity contribution in [2.24, 2.45) is 0 Å². The van der Waals surface area contributed by atoms with Gasteiger partial charge in [-0.1, -0.05) is 41.5 Å². The first kappa shape index (κ1) is 28.3. The predicted octanol–water partition coefficient (Wildman–Crippen LogP) is 5.96. The molecule has 0 fully saturated rings. The van der Waals surface area contributed by atoms with E-state index in [4.69, 9.17) is 9.47 Å². The molecule has 0 aromatic carbocycles. The Morgan fingerprint density at radius 1 is 0.690 bits per heavy atom. The molecule has 7 heteroatoms. The summed E-state index contributed by atoms with van der Waals surface area (Å²) in [5.41, 5.74) is 0. The summed E-state index contributed by atoms with van der Waals surface area (Å²) in [4.78, 5) is 26.1. The molecule has 29 heavy (non-hydrogen) atoms. The van der Waals surface area contributed by atoms with Gasteiger partial charge < -0.3 is 13.7 Å². The molecule has 0 saturated carbocycles. The summed E-state index contributed by atoms with van der Waals surface area (Å²) in [7, 11) is -3.88. The average molecular weight is 446 g/mol. The Labute approximate surface area is 182 Å². The van der Waals surface area contributed by atoms with Gasteiger partial charge in [0.15, 0.2) is 0 Å². The Bertz CT molecular complexity index is 467. The van der Waals surface area contributed by atoms with Crippen LogP contribution in [0.2, 0.25) is 36.3 Å². The van der Waals surface area contributed by atoms with Crippen LogP contribution in [-0.4, -0.2) is 50.9 Å². The second-order valence-electron chi connectivity index (χ2n) is 8.68. The van der Waals surface area contributed by atoms with E-state index in [-0.39, 0.29) is 30.6 Å². The Kier molecular flexibility index (Phi) is 12.6. The van der Waals surface area contributed by atoms with E-state index in [1.165, 1.54) is 0 Å². The van der Waals surface area contributed by atoms with Crippen molar-refractivity contribution >= 4 is 28.4 Å². The fourth-order valence-corrected chi connectivity index (χ4v) is 18.4. The van der Waals surface area contributed by atoms with Crippen molar-refractivity contribution in [1.29, 1.82) is 0 Å². The topological polar surface area (TPSA) is 55.8 Å². The SMILES string of the molecule is CC[Si](CC)(CC)N(C(CC(=O)OC(C)C)C(=O)OC(C)C)[Si](CC)(CC)CC. The highest BCUT2D eigenvalue weighted by atomic mass is 28.4. The minimum absolute atomic E-state index is 0.0905. The number of carbonyl (C=O) groups excluding carboxylic acids is 2. The molecule has 0 radical (unpaired) electrons. The second-order valence-corrected chi connectivity index (χ2v) is 19.2. The number of hydrogen-bond donors (Lipinski definition) is 0. The van der Waals surface area contributed by atoms with Crippen molar-refractivity contribution in [3.8, 4) is 0 Å². The minimum atomic E-state index is -1.94. The lowest BCUT2D eigenvalue weighted by Crippen LogP contribution is -2.71. The van der Waals surface area contributed by atoms with Crippen molar-refractivity contribution in [1.82, 2.24) is 4.23 Å². The van der Waals surface area contributed by atoms with Crippen LogP contribution < -0.4 is 0 Å². The first-order valence-electron chi connectivity index (χ1n) is 11.7. The second kappa shape index (κ2) is 12.9. The van der Waals surface area contributed by atoms with Gasteiger partial charge >= 0.3 is 11.9 Å². The summed E-state index contributed by atoms with van der Waals surface area (Å²) in [5.74, 6) is -0.548. The molecule has 172 valence electrons. The van der Waals surface area contributed by atoms with Crippen LogP contribution in [0.15, 0.2) is 0 Å². The third-order valence-electron chi connectivity index (χ3n) is 6.63. The molecular formula is C22H47NO4Si2. The van der Waals surface area contributed by atoms with Crippen LogP contribution in [0.1, 0.15) is 75.7 Å². The fourth-order valence-electron chi connectivity index (χ4n) is 4.75. The number of hydrogen-bond acceptors (Lipinski definition) is 5. The van der Waals surface area contributed by atoms with Crippen LogP contribution in [-0.2, 0) is 19.1 Å². The molecule has 0 aromatic heterocycles. The highest BCUT2D eigenvalue weighted by Gasteiger charge is 2.52. The van der Waals surface area contributed by atoms with Gasteiger partial charge in [-0.15, -0.1) is 0 Å². The Balaban J connectivity index is 6.58. The van der Waals surface area contributed by atoms with Crippen LogP contribution >= 0.6 is 0 Å². The average Bonchev–Trinajstić information content (AvgIpc) is 2.67. The molecule has 0 saturated heterocycles. The van der Waals surface area contributed by atoms with Gasteiger partial charge in [-0.05, 0) is 64.0 Å². The van der Waals surface area contributed by atoms with E-state index < -0.39 is 22.5 Å². The lowest BCUT2D eigenvalue weighted by Gasteiger charge is -2.54. The summed E-state index contributed by atoms with van der Waals surface area (Å²) in [6.45, 7) is 21.1. The van der Waals surface area contributed by atoms with Crippen LogP contribution in [0.4, 0.5) is 0 Å². The zero-order chi connectivity index (χ0) is 22.8. The maximum absolute atomic E-state index is 13.4. The fraction of sp³-hybridized carbons (Fsp3) is 0.909. The maximum Gasteiger partial charge on any atom is 0.322 e. The van der Waals surface area contributed by atoms with Crippen molar-refractivity contribution in [3.05, 3.63) is 0 Å². The van der Waals surface area contributed by atoms with Crippen LogP contribution in [0, 0.1) is 0 Å². The van der Waals surface area contributed by atoms with Gasteiger partial charge in [0.2, 0.25) is 0 Å². The van der Waals surface area contributed by atoms with E-state index in [0.29, 0.717) is 0 Å². The van der Waals surface area contributed by atoms with Crippen LogP contribution in [0.25, 0.3) is 0 Å². The van der Waals surface area contributed by atoms with Gasteiger partial charge in [0.25, 0.3) is 0 Å². The Morgan fingerprint density at radius 3 is 1.31 bits per heavy atom. The lowest BCUT2D eigenvalue weighted by atomic mass is 10.2. The van der Waals surface area contributed by atoms with E-state index in [2.05, 4.69) is 45.8 Å².